The molecule has 1 aliphatic rings. The third-order valence-corrected chi connectivity index (χ3v) is 4.59. The van der Waals surface area contributed by atoms with Crippen LogP contribution in [0.15, 0.2) is 49.1 Å². The highest BCUT2D eigenvalue weighted by Crippen LogP contribution is 2.43. The van der Waals surface area contributed by atoms with Crippen LogP contribution >= 0.6 is 0 Å². The van der Waals surface area contributed by atoms with Crippen LogP contribution in [0, 0.1) is 0 Å². The quantitative estimate of drug-likeness (QED) is 0.271. The van der Waals surface area contributed by atoms with Crippen molar-refractivity contribution < 1.29 is 28.8 Å². The van der Waals surface area contributed by atoms with E-state index in [1.807, 2.05) is 24.3 Å². The number of allylic oxidation sites excluding steroid dienone is 2. The van der Waals surface area contributed by atoms with E-state index in [0.29, 0.717) is 19.8 Å². The van der Waals surface area contributed by atoms with Gasteiger partial charge in [0.1, 0.15) is 31.3 Å². The first-order chi connectivity index (χ1) is 14.3. The van der Waals surface area contributed by atoms with Crippen LogP contribution in [-0.4, -0.2) is 50.7 Å². The van der Waals surface area contributed by atoms with Gasteiger partial charge in [-0.25, -0.2) is 4.79 Å². The predicted octanol–water partition coefficient (Wildman–Crippen LogP) is 2.99. The Morgan fingerprint density at radius 1 is 0.931 bits per heavy atom. The second-order valence-electron chi connectivity index (χ2n) is 6.45. The van der Waals surface area contributed by atoms with Gasteiger partial charge in [0.25, 0.3) is 0 Å². The van der Waals surface area contributed by atoms with E-state index in [-0.39, 0.29) is 19.8 Å². The number of carbonyl (C=O) groups is 1. The van der Waals surface area contributed by atoms with Crippen LogP contribution in [-0.2, 0) is 27.1 Å². The summed E-state index contributed by atoms with van der Waals surface area (Å²) in [5, 5.41) is 11.2. The van der Waals surface area contributed by atoms with Gasteiger partial charge in [0.15, 0.2) is 0 Å². The Labute approximate surface area is 170 Å². The molecule has 2 aromatic rings. The Kier molecular flexibility index (Phi) is 7.67. The summed E-state index contributed by atoms with van der Waals surface area (Å²) >= 11 is 0. The maximum absolute atomic E-state index is 11.0. The molecule has 2 aromatic carbocycles. The third-order valence-electron chi connectivity index (χ3n) is 4.59. The molecule has 0 spiro atoms. The molecule has 29 heavy (non-hydrogen) atoms. The molecule has 1 N–H and O–H groups in total. The number of aliphatic hydroxyl groups excluding tert-OH is 1. The highest BCUT2D eigenvalue weighted by atomic mass is 16.6. The average Bonchev–Trinajstić information content (AvgIpc) is 2.77. The number of benzene rings is 2. The average molecular weight is 398 g/mol. The van der Waals surface area contributed by atoms with Crippen molar-refractivity contribution in [1.82, 2.24) is 0 Å². The highest BCUT2D eigenvalue weighted by molar-refractivity contribution is 5.96. The van der Waals surface area contributed by atoms with E-state index in [0.717, 1.165) is 52.3 Å². The van der Waals surface area contributed by atoms with Gasteiger partial charge in [-0.3, -0.25) is 0 Å². The Hall–Kier alpha value is -2.83. The molecule has 0 saturated heterocycles. The van der Waals surface area contributed by atoms with Crippen LogP contribution in [0.3, 0.4) is 0 Å². The maximum Gasteiger partial charge on any atom is 0.330 e. The Morgan fingerprint density at radius 2 is 1.52 bits per heavy atom. The Balaban J connectivity index is 1.73. The van der Waals surface area contributed by atoms with Gasteiger partial charge in [-0.2, -0.15) is 0 Å². The van der Waals surface area contributed by atoms with Gasteiger partial charge in [-0.1, -0.05) is 43.0 Å². The number of esters is 1. The number of rotatable bonds is 11. The minimum atomic E-state index is -0.459. The van der Waals surface area contributed by atoms with E-state index in [1.54, 1.807) is 0 Å². The number of hydrogen-bond acceptors (Lipinski definition) is 6. The van der Waals surface area contributed by atoms with Gasteiger partial charge >= 0.3 is 5.97 Å². The van der Waals surface area contributed by atoms with Gasteiger partial charge < -0.3 is 24.1 Å². The van der Waals surface area contributed by atoms with Crippen molar-refractivity contribution in [3.63, 3.8) is 0 Å². The third kappa shape index (κ3) is 5.16. The highest BCUT2D eigenvalue weighted by Gasteiger charge is 2.21. The lowest BCUT2D eigenvalue weighted by Crippen LogP contribution is -2.14. The second kappa shape index (κ2) is 10.6. The lowest BCUT2D eigenvalue weighted by Gasteiger charge is -2.23. The van der Waals surface area contributed by atoms with Crippen molar-refractivity contribution in [3.05, 3.63) is 60.2 Å². The second-order valence-corrected chi connectivity index (χ2v) is 6.45. The Morgan fingerprint density at radius 3 is 2.10 bits per heavy atom. The Bertz CT molecular complexity index is 887. The van der Waals surface area contributed by atoms with Crippen LogP contribution in [0.2, 0.25) is 0 Å². The molecule has 0 aromatic heterocycles. The molecule has 154 valence electrons. The number of aliphatic hydroxyl groups is 1. The zero-order chi connectivity index (χ0) is 20.5. The molecule has 3 rings (SSSR count). The van der Waals surface area contributed by atoms with Gasteiger partial charge in [0, 0.05) is 28.0 Å². The molecule has 0 atom stereocenters. The molecule has 0 heterocycles. The summed E-state index contributed by atoms with van der Waals surface area (Å²) in [7, 11) is 0. The van der Waals surface area contributed by atoms with Crippen LogP contribution in [0.1, 0.15) is 11.1 Å². The first-order valence-corrected chi connectivity index (χ1v) is 9.71. The molecule has 0 fully saturated rings. The van der Waals surface area contributed by atoms with Crippen molar-refractivity contribution >= 4 is 16.7 Å². The molecule has 0 aliphatic heterocycles. The molecule has 6 nitrogen and oxygen atoms in total. The summed E-state index contributed by atoms with van der Waals surface area (Å²) < 4.78 is 22.4. The van der Waals surface area contributed by atoms with Crippen molar-refractivity contribution in [3.8, 4) is 11.5 Å². The van der Waals surface area contributed by atoms with E-state index in [9.17, 15) is 9.90 Å². The minimum absolute atomic E-state index is 0.0311. The minimum Gasteiger partial charge on any atom is -0.490 e. The van der Waals surface area contributed by atoms with E-state index >= 15 is 0 Å². The smallest absolute Gasteiger partial charge is 0.330 e. The molecule has 0 amide bonds. The lowest BCUT2D eigenvalue weighted by molar-refractivity contribution is -0.139. The van der Waals surface area contributed by atoms with Gasteiger partial charge in [0.2, 0.25) is 0 Å². The largest absolute Gasteiger partial charge is 0.490 e. The topological polar surface area (TPSA) is 74.2 Å². The molecular weight excluding hydrogens is 372 g/mol. The van der Waals surface area contributed by atoms with E-state index in [4.69, 9.17) is 18.9 Å². The summed E-state index contributed by atoms with van der Waals surface area (Å²) in [6.07, 6.45) is 6.91. The fourth-order valence-electron chi connectivity index (χ4n) is 3.35. The van der Waals surface area contributed by atoms with Gasteiger partial charge in [0.05, 0.1) is 19.8 Å². The molecule has 1 aliphatic carbocycles. The van der Waals surface area contributed by atoms with E-state index in [1.165, 1.54) is 0 Å². The van der Waals surface area contributed by atoms with Crippen molar-refractivity contribution in [2.24, 2.45) is 0 Å². The summed E-state index contributed by atoms with van der Waals surface area (Å²) in [6, 6.07) is 7.97. The first-order valence-electron chi connectivity index (χ1n) is 9.71. The summed E-state index contributed by atoms with van der Waals surface area (Å²) in [5.74, 6) is 1.21. The number of carbonyl (C=O) groups excluding carboxylic acids is 1. The number of ether oxygens (including phenoxy) is 4. The maximum atomic E-state index is 11.0. The monoisotopic (exact) mass is 398 g/mol. The lowest BCUT2D eigenvalue weighted by atomic mass is 9.90. The van der Waals surface area contributed by atoms with E-state index in [2.05, 4.69) is 18.7 Å². The first kappa shape index (κ1) is 20.9. The van der Waals surface area contributed by atoms with Crippen molar-refractivity contribution in [2.75, 3.05) is 39.6 Å². The SMILES string of the molecule is C=CC(=O)OCCOCCOc1c2c(c(OCCO)c3ccccc13)CC=CC2. The van der Waals surface area contributed by atoms with Crippen LogP contribution < -0.4 is 9.47 Å². The summed E-state index contributed by atoms with van der Waals surface area (Å²) in [4.78, 5) is 11.0. The van der Waals surface area contributed by atoms with Gasteiger partial charge in [-0.05, 0) is 12.8 Å². The van der Waals surface area contributed by atoms with E-state index < -0.39 is 5.97 Å². The zero-order valence-electron chi connectivity index (χ0n) is 16.4. The fraction of sp³-hybridized carbons (Fsp3) is 0.348. The normalized spacial score (nSPS) is 12.4. The molecular formula is C23H26O6. The zero-order valence-corrected chi connectivity index (χ0v) is 16.4. The molecule has 6 heteroatoms. The fourth-order valence-corrected chi connectivity index (χ4v) is 3.35. The molecule has 0 unspecified atom stereocenters. The molecule has 0 bridgehead atoms. The van der Waals surface area contributed by atoms with Crippen LogP contribution in [0.25, 0.3) is 10.8 Å². The molecule has 0 radical (unpaired) electrons. The molecule has 0 saturated carbocycles. The summed E-state index contributed by atoms with van der Waals surface area (Å²) in [5.41, 5.74) is 2.21. The number of hydrogen-bond donors (Lipinski definition) is 1. The van der Waals surface area contributed by atoms with Gasteiger partial charge in [-0.15, -0.1) is 0 Å². The van der Waals surface area contributed by atoms with Crippen LogP contribution in [0.4, 0.5) is 0 Å². The predicted molar refractivity (Wildman–Crippen MR) is 111 cm³/mol. The summed E-state index contributed by atoms with van der Waals surface area (Å²) in [6.45, 7) is 4.82. The van der Waals surface area contributed by atoms with Crippen molar-refractivity contribution in [2.45, 2.75) is 12.8 Å². The number of fused-ring (bicyclic) bond motifs is 2. The standard InChI is InChI=1S/C23H26O6/c1-2-21(25)27-15-13-26-14-16-29-23-19-9-5-3-7-17(19)22(28-12-11-24)18-8-4-6-10-20(18)23/h2-7,9,24H,1,8,10-16H2. The van der Waals surface area contributed by atoms with Crippen molar-refractivity contribution in [1.29, 1.82) is 0 Å². The van der Waals surface area contributed by atoms with Crippen LogP contribution in [0.5, 0.6) is 11.5 Å².